The summed E-state index contributed by atoms with van der Waals surface area (Å²) in [5, 5.41) is 14.9. The van der Waals surface area contributed by atoms with Gasteiger partial charge in [0, 0.05) is 10.5 Å². The highest BCUT2D eigenvalue weighted by Gasteiger charge is 2.20. The highest BCUT2D eigenvalue weighted by Crippen LogP contribution is 2.28. The molecule has 0 aliphatic rings. The molecule has 0 saturated carbocycles. The summed E-state index contributed by atoms with van der Waals surface area (Å²) in [5.41, 5.74) is 0.721. The van der Waals surface area contributed by atoms with E-state index >= 15 is 0 Å². The van der Waals surface area contributed by atoms with Gasteiger partial charge in [-0.05, 0) is 46.1 Å². The van der Waals surface area contributed by atoms with E-state index in [0.29, 0.717) is 15.6 Å². The van der Waals surface area contributed by atoms with Crippen molar-refractivity contribution in [2.75, 3.05) is 4.72 Å². The van der Waals surface area contributed by atoms with Crippen molar-refractivity contribution >= 4 is 31.8 Å². The lowest BCUT2D eigenvalue weighted by Gasteiger charge is -2.12. The number of nitrogens with zero attached hydrogens (tertiary/aromatic N) is 1. The van der Waals surface area contributed by atoms with Crippen molar-refractivity contribution in [3.8, 4) is 0 Å². The molecule has 0 spiro atoms. The number of aromatic nitrogens is 2. The number of benzene rings is 1. The molecule has 7 nitrogen and oxygen atoms in total. The molecule has 21 heavy (non-hydrogen) atoms. The van der Waals surface area contributed by atoms with Crippen molar-refractivity contribution in [3.05, 3.63) is 50.2 Å². The van der Waals surface area contributed by atoms with Crippen molar-refractivity contribution < 1.29 is 13.5 Å². The normalized spacial score (nSPS) is 11.4. The van der Waals surface area contributed by atoms with Gasteiger partial charge in [0.05, 0.1) is 6.61 Å². The zero-order valence-electron chi connectivity index (χ0n) is 10.9. The molecule has 0 aliphatic carbocycles. The minimum Gasteiger partial charge on any atom is -0.392 e. The number of aliphatic hydroxyl groups is 1. The van der Waals surface area contributed by atoms with Crippen molar-refractivity contribution in [3.63, 3.8) is 0 Å². The van der Waals surface area contributed by atoms with E-state index in [0.717, 1.165) is 6.07 Å². The van der Waals surface area contributed by atoms with E-state index in [-0.39, 0.29) is 17.3 Å². The molecular weight excluding hydrogens is 362 g/mol. The van der Waals surface area contributed by atoms with Gasteiger partial charge in [-0.25, -0.2) is 13.5 Å². The SMILES string of the molecule is Cc1cc(CO)cc(S(=O)(=O)Nc2ccc(=O)[nH]n2)c1Br. The van der Waals surface area contributed by atoms with Crippen molar-refractivity contribution in [2.45, 2.75) is 18.4 Å². The van der Waals surface area contributed by atoms with E-state index in [1.54, 1.807) is 13.0 Å². The second-order valence-corrected chi connectivity index (χ2v) is 6.74. The first-order valence-corrected chi connectivity index (χ1v) is 8.09. The molecule has 9 heteroatoms. The van der Waals surface area contributed by atoms with Crippen LogP contribution < -0.4 is 10.3 Å². The lowest BCUT2D eigenvalue weighted by molar-refractivity contribution is 0.281. The fraction of sp³-hybridized carbons (Fsp3) is 0.167. The Kier molecular flexibility index (Phi) is 4.45. The Morgan fingerprint density at radius 3 is 2.67 bits per heavy atom. The molecule has 1 aromatic heterocycles. The molecule has 0 radical (unpaired) electrons. The van der Waals surface area contributed by atoms with Gasteiger partial charge in [-0.3, -0.25) is 9.52 Å². The molecular formula is C12H12BrN3O4S. The third-order valence-corrected chi connectivity index (χ3v) is 5.36. The number of halogens is 1. The summed E-state index contributed by atoms with van der Waals surface area (Å²) in [7, 11) is -3.90. The monoisotopic (exact) mass is 373 g/mol. The lowest BCUT2D eigenvalue weighted by atomic mass is 10.1. The third kappa shape index (κ3) is 3.49. The zero-order chi connectivity index (χ0) is 15.6. The van der Waals surface area contributed by atoms with E-state index in [4.69, 9.17) is 0 Å². The molecule has 112 valence electrons. The van der Waals surface area contributed by atoms with Crippen LogP contribution >= 0.6 is 15.9 Å². The van der Waals surface area contributed by atoms with Crippen LogP contribution in [0.15, 0.2) is 38.4 Å². The van der Waals surface area contributed by atoms with Gasteiger partial charge in [0.25, 0.3) is 15.6 Å². The van der Waals surface area contributed by atoms with Crippen LogP contribution in [0.1, 0.15) is 11.1 Å². The van der Waals surface area contributed by atoms with Crippen molar-refractivity contribution in [1.82, 2.24) is 10.2 Å². The summed E-state index contributed by atoms with van der Waals surface area (Å²) in [6, 6.07) is 5.47. The quantitative estimate of drug-likeness (QED) is 0.743. The van der Waals surface area contributed by atoms with Crippen LogP contribution in [0.5, 0.6) is 0 Å². The van der Waals surface area contributed by atoms with Crippen LogP contribution in [0, 0.1) is 6.92 Å². The van der Waals surface area contributed by atoms with Gasteiger partial charge < -0.3 is 5.11 Å². The fourth-order valence-corrected chi connectivity index (χ4v) is 3.76. The minimum absolute atomic E-state index is 0.00597. The smallest absolute Gasteiger partial charge is 0.264 e. The van der Waals surface area contributed by atoms with Gasteiger partial charge in [-0.15, -0.1) is 0 Å². The van der Waals surface area contributed by atoms with Crippen LogP contribution in [0.25, 0.3) is 0 Å². The predicted octanol–water partition coefficient (Wildman–Crippen LogP) is 1.13. The summed E-state index contributed by atoms with van der Waals surface area (Å²) in [6.07, 6.45) is 0. The van der Waals surface area contributed by atoms with Crippen LogP contribution in [0.4, 0.5) is 5.82 Å². The first-order chi connectivity index (χ1) is 9.83. The Balaban J connectivity index is 2.46. The van der Waals surface area contributed by atoms with Crippen LogP contribution in [-0.4, -0.2) is 23.7 Å². The number of H-pyrrole nitrogens is 1. The standard InChI is InChI=1S/C12H12BrN3O4S/c1-7-4-8(6-17)5-9(12(7)13)21(19,20)16-10-2-3-11(18)15-14-10/h2-5,17H,6H2,1H3,(H,14,16)(H,15,18). The number of nitrogens with one attached hydrogen (secondary N) is 2. The maximum atomic E-state index is 12.4. The Hall–Kier alpha value is -1.71. The molecule has 0 unspecified atom stereocenters. The second-order valence-electron chi connectivity index (χ2n) is 4.29. The highest BCUT2D eigenvalue weighted by molar-refractivity contribution is 9.10. The number of rotatable bonds is 4. The fourth-order valence-electron chi connectivity index (χ4n) is 1.69. The molecule has 0 bridgehead atoms. The van der Waals surface area contributed by atoms with Gasteiger partial charge >= 0.3 is 0 Å². The number of sulfonamides is 1. The topological polar surface area (TPSA) is 112 Å². The maximum Gasteiger partial charge on any atom is 0.264 e. The van der Waals surface area contributed by atoms with E-state index in [1.807, 2.05) is 0 Å². The Bertz CT molecular complexity index is 812. The summed E-state index contributed by atoms with van der Waals surface area (Å²) >= 11 is 3.23. The first kappa shape index (κ1) is 15.7. The Morgan fingerprint density at radius 2 is 2.10 bits per heavy atom. The van der Waals surface area contributed by atoms with E-state index in [1.165, 1.54) is 12.1 Å². The van der Waals surface area contributed by atoms with Crippen LogP contribution in [0.3, 0.4) is 0 Å². The molecule has 3 N–H and O–H groups in total. The number of hydrogen-bond donors (Lipinski definition) is 3. The molecule has 0 amide bonds. The number of hydrogen-bond acceptors (Lipinski definition) is 5. The van der Waals surface area contributed by atoms with Crippen molar-refractivity contribution in [1.29, 1.82) is 0 Å². The highest BCUT2D eigenvalue weighted by atomic mass is 79.9. The number of anilines is 1. The molecule has 2 aromatic rings. The summed E-state index contributed by atoms with van der Waals surface area (Å²) in [5.74, 6) is -0.00597. The van der Waals surface area contributed by atoms with Crippen LogP contribution in [-0.2, 0) is 16.6 Å². The summed E-state index contributed by atoms with van der Waals surface area (Å²) in [4.78, 5) is 10.9. The van der Waals surface area contributed by atoms with E-state index in [9.17, 15) is 18.3 Å². The second kappa shape index (κ2) is 5.96. The minimum atomic E-state index is -3.90. The predicted molar refractivity (Wildman–Crippen MR) is 80.5 cm³/mol. The maximum absolute atomic E-state index is 12.4. The molecule has 1 heterocycles. The van der Waals surface area contributed by atoms with Gasteiger partial charge in [-0.1, -0.05) is 6.07 Å². The number of aromatic amines is 1. The van der Waals surface area contributed by atoms with Gasteiger partial charge in [0.15, 0.2) is 5.82 Å². The van der Waals surface area contributed by atoms with Gasteiger partial charge in [0.1, 0.15) is 4.90 Å². The largest absolute Gasteiger partial charge is 0.392 e. The average molecular weight is 374 g/mol. The molecule has 0 atom stereocenters. The Morgan fingerprint density at radius 1 is 1.38 bits per heavy atom. The molecule has 1 aromatic carbocycles. The van der Waals surface area contributed by atoms with E-state index < -0.39 is 15.6 Å². The number of aryl methyl sites for hydroxylation is 1. The summed E-state index contributed by atoms with van der Waals surface area (Å²) in [6.45, 7) is 1.45. The summed E-state index contributed by atoms with van der Waals surface area (Å²) < 4.78 is 27.4. The molecule has 0 aliphatic heterocycles. The number of aliphatic hydroxyl groups excluding tert-OH is 1. The molecule has 0 saturated heterocycles. The lowest BCUT2D eigenvalue weighted by Crippen LogP contribution is -2.17. The third-order valence-electron chi connectivity index (χ3n) is 2.67. The Labute approximate surface area is 129 Å². The van der Waals surface area contributed by atoms with Crippen molar-refractivity contribution in [2.24, 2.45) is 0 Å². The molecule has 2 rings (SSSR count). The van der Waals surface area contributed by atoms with E-state index in [2.05, 4.69) is 30.8 Å². The molecule has 0 fully saturated rings. The average Bonchev–Trinajstić information content (AvgIpc) is 2.43. The first-order valence-electron chi connectivity index (χ1n) is 5.82. The zero-order valence-corrected chi connectivity index (χ0v) is 13.3. The van der Waals surface area contributed by atoms with Crippen LogP contribution in [0.2, 0.25) is 0 Å². The van der Waals surface area contributed by atoms with Gasteiger partial charge in [-0.2, -0.15) is 5.10 Å². The van der Waals surface area contributed by atoms with Gasteiger partial charge in [0.2, 0.25) is 0 Å².